The monoisotopic (exact) mass is 352 g/mol. The second-order valence-electron chi connectivity index (χ2n) is 7.09. The van der Waals surface area contributed by atoms with Crippen LogP contribution < -0.4 is 4.31 Å². The van der Waals surface area contributed by atoms with Crippen LogP contribution in [0.25, 0.3) is 0 Å². The number of rotatable bonds is 3. The summed E-state index contributed by atoms with van der Waals surface area (Å²) in [6.45, 7) is 5.22. The number of benzene rings is 1. The molecule has 1 amide bonds. The molecule has 0 saturated carbocycles. The second-order valence-corrected chi connectivity index (χ2v) is 8.94. The molecule has 0 unspecified atom stereocenters. The van der Waals surface area contributed by atoms with Crippen LogP contribution in [0.3, 0.4) is 0 Å². The predicted octanol–water partition coefficient (Wildman–Crippen LogP) is 1.10. The van der Waals surface area contributed by atoms with Crippen LogP contribution in [0.1, 0.15) is 29.8 Å². The van der Waals surface area contributed by atoms with Crippen molar-refractivity contribution in [2.45, 2.75) is 26.3 Å². The van der Waals surface area contributed by atoms with E-state index in [-0.39, 0.29) is 30.4 Å². The van der Waals surface area contributed by atoms with Gasteiger partial charge in [-0.3, -0.25) is 9.10 Å². The van der Waals surface area contributed by atoms with E-state index in [1.165, 1.54) is 10.6 Å². The van der Waals surface area contributed by atoms with Crippen molar-refractivity contribution in [1.29, 1.82) is 0 Å². The summed E-state index contributed by atoms with van der Waals surface area (Å²) in [7, 11) is -3.32. The fourth-order valence-corrected chi connectivity index (χ4v) is 5.13. The lowest BCUT2D eigenvalue weighted by atomic mass is 10.00. The highest BCUT2D eigenvalue weighted by Gasteiger charge is 2.35. The number of aliphatic hydroxyl groups is 1. The molecule has 6 nitrogen and oxygen atoms in total. The third-order valence-corrected chi connectivity index (χ3v) is 6.40. The molecule has 0 aromatic heterocycles. The molecule has 24 heavy (non-hydrogen) atoms. The van der Waals surface area contributed by atoms with Gasteiger partial charge in [0.2, 0.25) is 10.0 Å². The summed E-state index contributed by atoms with van der Waals surface area (Å²) in [5.41, 5.74) is 2.15. The largest absolute Gasteiger partial charge is 0.396 e. The summed E-state index contributed by atoms with van der Waals surface area (Å²) < 4.78 is 25.4. The molecule has 7 heteroatoms. The molecule has 1 N–H and O–H groups in total. The number of carbonyl (C=O) groups excluding carboxylic acids is 1. The molecule has 0 radical (unpaired) electrons. The van der Waals surface area contributed by atoms with E-state index < -0.39 is 10.0 Å². The Labute approximate surface area is 143 Å². The van der Waals surface area contributed by atoms with Crippen molar-refractivity contribution in [2.24, 2.45) is 11.8 Å². The van der Waals surface area contributed by atoms with Crippen LogP contribution in [0, 0.1) is 11.8 Å². The van der Waals surface area contributed by atoms with Crippen molar-refractivity contribution >= 4 is 21.6 Å². The molecule has 1 saturated heterocycles. The molecular weight excluding hydrogens is 328 g/mol. The van der Waals surface area contributed by atoms with E-state index in [1.807, 2.05) is 19.9 Å². The molecule has 3 rings (SSSR count). The summed E-state index contributed by atoms with van der Waals surface area (Å²) in [6.07, 6.45) is 1.82. The average Bonchev–Trinajstić information content (AvgIpc) is 3.03. The van der Waals surface area contributed by atoms with Crippen LogP contribution >= 0.6 is 0 Å². The Kier molecular flexibility index (Phi) is 4.34. The summed E-state index contributed by atoms with van der Waals surface area (Å²) in [6, 6.07) is 5.12. The van der Waals surface area contributed by atoms with Crippen molar-refractivity contribution < 1.29 is 18.3 Å². The molecule has 0 bridgehead atoms. The van der Waals surface area contributed by atoms with Gasteiger partial charge < -0.3 is 10.0 Å². The molecule has 0 aliphatic carbocycles. The number of likely N-dealkylation sites (tertiary alicyclic amines) is 1. The number of amides is 1. The van der Waals surface area contributed by atoms with Gasteiger partial charge in [0, 0.05) is 37.2 Å². The number of sulfonamides is 1. The minimum Gasteiger partial charge on any atom is -0.396 e. The van der Waals surface area contributed by atoms with E-state index >= 15 is 0 Å². The van der Waals surface area contributed by atoms with E-state index in [2.05, 4.69) is 0 Å². The lowest BCUT2D eigenvalue weighted by molar-refractivity contribution is 0.0780. The quantitative estimate of drug-likeness (QED) is 0.884. The van der Waals surface area contributed by atoms with Crippen LogP contribution in [0.5, 0.6) is 0 Å². The molecular formula is C17H24N2O4S. The van der Waals surface area contributed by atoms with Gasteiger partial charge in [-0.2, -0.15) is 0 Å². The molecule has 1 fully saturated rings. The highest BCUT2D eigenvalue weighted by atomic mass is 32.2. The molecule has 2 aliphatic heterocycles. The van der Waals surface area contributed by atoms with Gasteiger partial charge in [-0.15, -0.1) is 0 Å². The Morgan fingerprint density at radius 3 is 2.58 bits per heavy atom. The molecule has 2 aliphatic rings. The van der Waals surface area contributed by atoms with E-state index in [0.29, 0.717) is 30.8 Å². The maximum atomic E-state index is 12.7. The summed E-state index contributed by atoms with van der Waals surface area (Å²) in [5, 5.41) is 9.37. The molecule has 3 atom stereocenters. The Balaban J connectivity index is 1.86. The number of fused-ring (bicyclic) bond motifs is 1. The first-order valence-corrected chi connectivity index (χ1v) is 10.1. The van der Waals surface area contributed by atoms with Gasteiger partial charge in [-0.25, -0.2) is 8.42 Å². The fraction of sp³-hybridized carbons (Fsp3) is 0.588. The standard InChI is InChI=1S/C17H24N2O4S/c1-11-8-18(9-15(11)10-20)17(21)13-4-5-16-14(7-13)6-12(2)19(16)24(3,22)23/h4-5,7,11-12,15,20H,6,8-10H2,1-3H3/t11-,12+,15+/m1/s1. The number of hydrogen-bond acceptors (Lipinski definition) is 4. The zero-order valence-electron chi connectivity index (χ0n) is 14.3. The topological polar surface area (TPSA) is 77.9 Å². The maximum absolute atomic E-state index is 12.7. The number of anilines is 1. The Bertz CT molecular complexity index is 762. The van der Waals surface area contributed by atoms with Crippen molar-refractivity contribution in [3.63, 3.8) is 0 Å². The number of carbonyl (C=O) groups is 1. The highest BCUT2D eigenvalue weighted by Crippen LogP contribution is 2.35. The van der Waals surface area contributed by atoms with Gasteiger partial charge in [0.25, 0.3) is 5.91 Å². The molecule has 2 heterocycles. The lowest BCUT2D eigenvalue weighted by Gasteiger charge is -2.22. The van der Waals surface area contributed by atoms with Crippen molar-refractivity contribution in [2.75, 3.05) is 30.3 Å². The minimum absolute atomic E-state index is 0.0499. The Morgan fingerprint density at radius 2 is 2.00 bits per heavy atom. The number of aliphatic hydroxyl groups excluding tert-OH is 1. The zero-order chi connectivity index (χ0) is 17.6. The van der Waals surface area contributed by atoms with E-state index in [1.54, 1.807) is 17.0 Å². The van der Waals surface area contributed by atoms with Crippen molar-refractivity contribution in [3.8, 4) is 0 Å². The number of hydrogen-bond donors (Lipinski definition) is 1. The van der Waals surface area contributed by atoms with Gasteiger partial charge in [0.1, 0.15) is 0 Å². The molecule has 1 aromatic carbocycles. The summed E-state index contributed by atoms with van der Waals surface area (Å²) in [5.74, 6) is 0.365. The Morgan fingerprint density at radius 1 is 1.29 bits per heavy atom. The van der Waals surface area contributed by atoms with Crippen LogP contribution in [-0.4, -0.2) is 56.3 Å². The van der Waals surface area contributed by atoms with E-state index in [4.69, 9.17) is 0 Å². The average molecular weight is 352 g/mol. The van der Waals surface area contributed by atoms with Crippen LogP contribution in [0.2, 0.25) is 0 Å². The van der Waals surface area contributed by atoms with E-state index in [9.17, 15) is 18.3 Å². The first-order chi connectivity index (χ1) is 11.2. The van der Waals surface area contributed by atoms with Crippen LogP contribution in [0.15, 0.2) is 18.2 Å². The minimum atomic E-state index is -3.32. The van der Waals surface area contributed by atoms with Crippen molar-refractivity contribution in [1.82, 2.24) is 4.90 Å². The third kappa shape index (κ3) is 2.91. The smallest absolute Gasteiger partial charge is 0.253 e. The first-order valence-electron chi connectivity index (χ1n) is 8.24. The first kappa shape index (κ1) is 17.2. The highest BCUT2D eigenvalue weighted by molar-refractivity contribution is 7.92. The third-order valence-electron chi connectivity index (χ3n) is 5.13. The predicted molar refractivity (Wildman–Crippen MR) is 92.6 cm³/mol. The van der Waals surface area contributed by atoms with Gasteiger partial charge in [-0.05, 0) is 43.0 Å². The van der Waals surface area contributed by atoms with Crippen LogP contribution in [-0.2, 0) is 16.4 Å². The summed E-state index contributed by atoms with van der Waals surface area (Å²) in [4.78, 5) is 14.5. The maximum Gasteiger partial charge on any atom is 0.253 e. The van der Waals surface area contributed by atoms with Gasteiger partial charge in [0.05, 0.1) is 11.9 Å². The number of nitrogens with zero attached hydrogens (tertiary/aromatic N) is 2. The van der Waals surface area contributed by atoms with Crippen molar-refractivity contribution in [3.05, 3.63) is 29.3 Å². The normalized spacial score (nSPS) is 26.8. The molecule has 132 valence electrons. The molecule has 1 aromatic rings. The second kappa shape index (κ2) is 6.04. The van der Waals surface area contributed by atoms with Gasteiger partial charge >= 0.3 is 0 Å². The Hall–Kier alpha value is -1.60. The SMILES string of the molecule is C[C@@H]1CN(C(=O)c2ccc3c(c2)C[C@H](C)N3S(C)(=O)=O)C[C@H]1CO. The fourth-order valence-electron chi connectivity index (χ4n) is 3.86. The van der Waals surface area contributed by atoms with Crippen LogP contribution in [0.4, 0.5) is 5.69 Å². The molecule has 0 spiro atoms. The summed E-state index contributed by atoms with van der Waals surface area (Å²) >= 11 is 0. The van der Waals surface area contributed by atoms with E-state index in [0.717, 1.165) is 5.56 Å². The lowest BCUT2D eigenvalue weighted by Crippen LogP contribution is -2.34. The van der Waals surface area contributed by atoms with Gasteiger partial charge in [-0.1, -0.05) is 6.92 Å². The zero-order valence-corrected chi connectivity index (χ0v) is 15.1. The van der Waals surface area contributed by atoms with Gasteiger partial charge in [0.15, 0.2) is 0 Å².